The Bertz CT molecular complexity index is 1190. The average Bonchev–Trinajstić information content (AvgIpc) is 3.29. The van der Waals surface area contributed by atoms with Crippen molar-refractivity contribution in [3.05, 3.63) is 36.5 Å². The van der Waals surface area contributed by atoms with E-state index in [0.717, 1.165) is 44.9 Å². The molecule has 8 nitrogen and oxygen atoms in total. The fraction of sp³-hybridized carbons (Fsp3) is 0.879. The first-order chi connectivity index (χ1) is 32.5. The fourth-order valence-corrected chi connectivity index (χ4v) is 9.28. The molecule has 0 aliphatic heterocycles. The molecule has 0 saturated carbocycles. The van der Waals surface area contributed by atoms with Crippen molar-refractivity contribution in [2.24, 2.45) is 0 Å². The van der Waals surface area contributed by atoms with Gasteiger partial charge in [-0.2, -0.15) is 0 Å². The molecule has 67 heavy (non-hydrogen) atoms. The molecule has 0 spiro atoms. The second-order valence-electron chi connectivity index (χ2n) is 21.0. The molecular weight excluding hydrogens is 852 g/mol. The number of allylic oxidation sites excluding steroid dienone is 5. The minimum Gasteiger partial charge on any atom is -0.387 e. The minimum atomic E-state index is -4.34. The van der Waals surface area contributed by atoms with Crippen LogP contribution in [0, 0.1) is 0 Å². The first-order valence-electron chi connectivity index (χ1n) is 28.9. The van der Waals surface area contributed by atoms with Gasteiger partial charge >= 0.3 is 7.82 Å². The molecule has 3 N–H and O–H groups in total. The molecule has 0 saturated heterocycles. The number of likely N-dealkylation sites (N-methyl/N-ethyl adjacent to an activating group) is 1. The molecule has 0 rings (SSSR count). The van der Waals surface area contributed by atoms with Gasteiger partial charge in [-0.1, -0.05) is 256 Å². The van der Waals surface area contributed by atoms with Crippen LogP contribution in [0.4, 0.5) is 0 Å². The predicted octanol–water partition coefficient (Wildman–Crippen LogP) is 17.4. The highest BCUT2D eigenvalue weighted by Gasteiger charge is 2.27. The van der Waals surface area contributed by atoms with Crippen LogP contribution in [0.2, 0.25) is 0 Å². The van der Waals surface area contributed by atoms with Crippen molar-refractivity contribution in [1.29, 1.82) is 0 Å². The van der Waals surface area contributed by atoms with Gasteiger partial charge in [0.05, 0.1) is 39.9 Å². The van der Waals surface area contributed by atoms with Crippen LogP contribution in [-0.2, 0) is 18.4 Å². The summed E-state index contributed by atoms with van der Waals surface area (Å²) in [6.07, 6.45) is 64.2. The number of phosphoric ester groups is 1. The van der Waals surface area contributed by atoms with Crippen molar-refractivity contribution in [2.45, 2.75) is 289 Å². The van der Waals surface area contributed by atoms with E-state index in [4.69, 9.17) is 9.05 Å². The molecule has 0 radical (unpaired) electrons. The Morgan fingerprint density at radius 1 is 0.507 bits per heavy atom. The molecule has 0 aromatic carbocycles. The van der Waals surface area contributed by atoms with Crippen LogP contribution in [0.3, 0.4) is 0 Å². The number of unbranched alkanes of at least 4 members (excludes halogenated alkanes) is 36. The van der Waals surface area contributed by atoms with E-state index in [2.05, 4.69) is 43.5 Å². The van der Waals surface area contributed by atoms with E-state index in [1.54, 1.807) is 6.08 Å². The lowest BCUT2D eigenvalue weighted by molar-refractivity contribution is -0.870. The van der Waals surface area contributed by atoms with Crippen molar-refractivity contribution in [3.8, 4) is 0 Å². The standard InChI is InChI=1S/C58H113N2O6P/c1-6-8-10-12-14-16-18-19-20-21-22-23-24-25-26-27-28-29-30-31-32-33-34-35-36-37-38-39-40-41-42-44-46-48-50-52-58(62)59-56(55-66-67(63,64)65-54-53-60(3,4)5)57(61)51-49-47-45-43-17-15-13-11-9-7-2/h18-19,21-22,49,51,56-57,61H,6-17,20,23-48,50,52-55H2,1-5H3,(H-,59,62,63,64)/p+1/b19-18-,22-21-,51-49+. The van der Waals surface area contributed by atoms with E-state index in [0.29, 0.717) is 17.4 Å². The highest BCUT2D eigenvalue weighted by atomic mass is 31.2. The Morgan fingerprint density at radius 2 is 0.851 bits per heavy atom. The molecule has 9 heteroatoms. The Morgan fingerprint density at radius 3 is 1.22 bits per heavy atom. The van der Waals surface area contributed by atoms with Crippen LogP contribution < -0.4 is 5.32 Å². The van der Waals surface area contributed by atoms with E-state index < -0.39 is 20.0 Å². The van der Waals surface area contributed by atoms with Crippen LogP contribution in [0.15, 0.2) is 36.5 Å². The van der Waals surface area contributed by atoms with Crippen LogP contribution in [-0.4, -0.2) is 73.4 Å². The zero-order chi connectivity index (χ0) is 49.2. The van der Waals surface area contributed by atoms with E-state index in [1.165, 1.54) is 212 Å². The molecule has 3 unspecified atom stereocenters. The molecule has 0 aliphatic rings. The minimum absolute atomic E-state index is 0.0630. The molecule has 3 atom stereocenters. The molecule has 0 aromatic rings. The number of carbonyl (C=O) groups is 1. The number of carbonyl (C=O) groups excluding carboxylic acids is 1. The SMILES string of the molecule is CCCCCCC/C=C\C/C=C\CCCCCCCCCCCCCCCCCCCCCCCCCC(=O)NC(COP(=O)(O)OCC[N+](C)(C)C)C(O)/C=C/CCCCCCCCCC. The average molecular weight is 967 g/mol. The summed E-state index contributed by atoms with van der Waals surface area (Å²) in [5.41, 5.74) is 0. The van der Waals surface area contributed by atoms with Gasteiger partial charge in [-0.3, -0.25) is 13.8 Å². The number of hydrogen-bond acceptors (Lipinski definition) is 5. The number of amides is 1. The fourth-order valence-electron chi connectivity index (χ4n) is 8.54. The molecule has 0 fully saturated rings. The van der Waals surface area contributed by atoms with Crippen molar-refractivity contribution < 1.29 is 32.9 Å². The normalized spacial score (nSPS) is 14.2. The molecule has 1 amide bonds. The van der Waals surface area contributed by atoms with Gasteiger partial charge in [0.15, 0.2) is 0 Å². The van der Waals surface area contributed by atoms with Gasteiger partial charge < -0.3 is 19.8 Å². The van der Waals surface area contributed by atoms with Crippen molar-refractivity contribution in [1.82, 2.24) is 5.32 Å². The summed E-state index contributed by atoms with van der Waals surface area (Å²) in [5, 5.41) is 13.8. The summed E-state index contributed by atoms with van der Waals surface area (Å²) in [5.74, 6) is -0.175. The quantitative estimate of drug-likeness (QED) is 0.0243. The maximum Gasteiger partial charge on any atom is 0.472 e. The number of hydrogen-bond donors (Lipinski definition) is 3. The summed E-state index contributed by atoms with van der Waals surface area (Å²) in [6.45, 7) is 4.80. The van der Waals surface area contributed by atoms with Crippen LogP contribution in [0.25, 0.3) is 0 Å². The van der Waals surface area contributed by atoms with Crippen LogP contribution in [0.1, 0.15) is 277 Å². The molecule has 0 heterocycles. The second kappa shape index (κ2) is 49.7. The maximum absolute atomic E-state index is 12.9. The number of nitrogens with one attached hydrogen (secondary N) is 1. The third-order valence-electron chi connectivity index (χ3n) is 13.1. The van der Waals surface area contributed by atoms with Crippen molar-refractivity contribution >= 4 is 13.7 Å². The summed E-state index contributed by atoms with van der Waals surface area (Å²) in [4.78, 5) is 23.2. The monoisotopic (exact) mass is 966 g/mol. The van der Waals surface area contributed by atoms with E-state index in [1.807, 2.05) is 27.2 Å². The predicted molar refractivity (Wildman–Crippen MR) is 291 cm³/mol. The largest absolute Gasteiger partial charge is 0.472 e. The Hall–Kier alpha value is -1.28. The summed E-state index contributed by atoms with van der Waals surface area (Å²) in [7, 11) is 1.58. The van der Waals surface area contributed by atoms with Crippen LogP contribution in [0.5, 0.6) is 0 Å². The van der Waals surface area contributed by atoms with Gasteiger partial charge in [-0.05, 0) is 51.4 Å². The zero-order valence-electron chi connectivity index (χ0n) is 45.2. The lowest BCUT2D eigenvalue weighted by Crippen LogP contribution is -2.45. The van der Waals surface area contributed by atoms with Crippen molar-refractivity contribution in [3.63, 3.8) is 0 Å². The third-order valence-corrected chi connectivity index (χ3v) is 14.1. The zero-order valence-corrected chi connectivity index (χ0v) is 46.0. The van der Waals surface area contributed by atoms with Gasteiger partial charge in [-0.15, -0.1) is 0 Å². The summed E-state index contributed by atoms with van der Waals surface area (Å²) in [6, 6.07) is -0.842. The lowest BCUT2D eigenvalue weighted by Gasteiger charge is -2.25. The maximum atomic E-state index is 12.9. The van der Waals surface area contributed by atoms with Gasteiger partial charge in [-0.25, -0.2) is 4.57 Å². The van der Waals surface area contributed by atoms with Crippen molar-refractivity contribution in [2.75, 3.05) is 40.9 Å². The summed E-state index contributed by atoms with van der Waals surface area (Å²) >= 11 is 0. The lowest BCUT2D eigenvalue weighted by atomic mass is 10.0. The Kier molecular flexibility index (Phi) is 48.7. The number of aliphatic hydroxyl groups is 1. The highest BCUT2D eigenvalue weighted by molar-refractivity contribution is 7.47. The van der Waals surface area contributed by atoms with E-state index >= 15 is 0 Å². The molecule has 0 aromatic heterocycles. The molecule has 0 aliphatic carbocycles. The number of nitrogens with zero attached hydrogens (tertiary/aromatic N) is 1. The smallest absolute Gasteiger partial charge is 0.387 e. The van der Waals surface area contributed by atoms with Gasteiger partial charge in [0.25, 0.3) is 0 Å². The van der Waals surface area contributed by atoms with Gasteiger partial charge in [0, 0.05) is 6.42 Å². The first kappa shape index (κ1) is 65.7. The second-order valence-corrected chi connectivity index (χ2v) is 22.5. The number of aliphatic hydroxyl groups excluding tert-OH is 1. The number of quaternary nitrogens is 1. The molecular formula is C58H114N2O6P+. The Labute approximate surface area is 417 Å². The summed E-state index contributed by atoms with van der Waals surface area (Å²) < 4.78 is 23.6. The Balaban J connectivity index is 3.88. The van der Waals surface area contributed by atoms with Gasteiger partial charge in [0.1, 0.15) is 13.2 Å². The molecule has 396 valence electrons. The van der Waals surface area contributed by atoms with E-state index in [9.17, 15) is 19.4 Å². The van der Waals surface area contributed by atoms with Gasteiger partial charge in [0.2, 0.25) is 5.91 Å². The third kappa shape index (κ3) is 52.4. The topological polar surface area (TPSA) is 105 Å². The van der Waals surface area contributed by atoms with E-state index in [-0.39, 0.29) is 19.1 Å². The molecule has 0 bridgehead atoms. The number of rotatable bonds is 53. The number of phosphoric acid groups is 1. The first-order valence-corrected chi connectivity index (χ1v) is 30.4. The van der Waals surface area contributed by atoms with Crippen LogP contribution >= 0.6 is 7.82 Å². The highest BCUT2D eigenvalue weighted by Crippen LogP contribution is 2.43.